The molecule has 0 N–H and O–H groups in total. The molecular weight excluding hydrogens is 541 g/mol. The van der Waals surface area contributed by atoms with Crippen LogP contribution in [0.2, 0.25) is 0 Å². The normalized spacial score (nSPS) is 23.9. The fraction of sp³-hybridized carbons (Fsp3) is 0.464. The molecule has 4 aliphatic rings. The van der Waals surface area contributed by atoms with E-state index in [1.54, 1.807) is 51.1 Å². The van der Waals surface area contributed by atoms with Crippen LogP contribution in [0.4, 0.5) is 35.3 Å². The number of carbonyl (C=O) groups is 3. The van der Waals surface area contributed by atoms with Gasteiger partial charge in [0.2, 0.25) is 11.5 Å². The molecule has 4 aliphatic heterocycles. The molecule has 1 aromatic carbocycles. The summed E-state index contributed by atoms with van der Waals surface area (Å²) in [7, 11) is 1.39. The maximum atomic E-state index is 13.5. The number of hydrogen-bond donors (Lipinski definition) is 0. The largest absolute Gasteiger partial charge is 0.497 e. The van der Waals surface area contributed by atoms with Crippen molar-refractivity contribution in [2.24, 2.45) is 5.41 Å². The monoisotopic (exact) mass is 571 g/mol. The van der Waals surface area contributed by atoms with E-state index in [1.165, 1.54) is 13.1 Å². The maximum Gasteiger partial charge on any atom is 0.497 e. The topological polar surface area (TPSA) is 107 Å². The third kappa shape index (κ3) is 4.97. The zero-order chi connectivity index (χ0) is 29.9. The van der Waals surface area contributed by atoms with Gasteiger partial charge in [0.15, 0.2) is 0 Å². The first-order valence-corrected chi connectivity index (χ1v) is 13.2. The molecule has 2 aromatic rings. The van der Waals surface area contributed by atoms with Crippen molar-refractivity contribution < 1.29 is 32.4 Å². The highest BCUT2D eigenvalue weighted by molar-refractivity contribution is 6.08. The second-order valence-corrected chi connectivity index (χ2v) is 11.9. The SMILES string of the molecule is CN1C(=O)[N+](CC(C)(C)C)(OC(=O)C(F)(F)F)c2ccc(N3CC4CCC3CN4C(=O)c3ccc(C#N)cc3)nc21. The molecule has 3 saturated heterocycles. The van der Waals surface area contributed by atoms with Crippen molar-refractivity contribution in [3.05, 3.63) is 47.5 Å². The van der Waals surface area contributed by atoms with Gasteiger partial charge in [0.25, 0.3) is 5.91 Å². The minimum Gasteiger partial charge on any atom is -0.350 e. The molecule has 2 bridgehead atoms. The number of anilines is 2. The van der Waals surface area contributed by atoms with Crippen LogP contribution in [-0.2, 0) is 9.63 Å². The van der Waals surface area contributed by atoms with E-state index in [9.17, 15) is 27.6 Å². The molecule has 3 fully saturated rings. The summed E-state index contributed by atoms with van der Waals surface area (Å²) in [6.45, 7) is 5.91. The van der Waals surface area contributed by atoms with Crippen molar-refractivity contribution in [2.45, 2.75) is 51.9 Å². The first-order chi connectivity index (χ1) is 19.1. The van der Waals surface area contributed by atoms with Crippen molar-refractivity contribution in [3.63, 3.8) is 0 Å². The number of urea groups is 1. The van der Waals surface area contributed by atoms with Gasteiger partial charge in [0.05, 0.1) is 11.6 Å². The highest BCUT2D eigenvalue weighted by atomic mass is 19.4. The zero-order valence-electron chi connectivity index (χ0n) is 23.1. The summed E-state index contributed by atoms with van der Waals surface area (Å²) in [6, 6.07) is 10.7. The number of aromatic nitrogens is 1. The number of amides is 3. The van der Waals surface area contributed by atoms with Crippen LogP contribution in [0.15, 0.2) is 36.4 Å². The minimum atomic E-state index is -5.29. The van der Waals surface area contributed by atoms with Gasteiger partial charge in [-0.05, 0) is 47.8 Å². The summed E-state index contributed by atoms with van der Waals surface area (Å²) in [5.41, 5.74) is 0.325. The van der Waals surface area contributed by atoms with Gasteiger partial charge in [0, 0.05) is 49.3 Å². The number of piperidine rings is 2. The van der Waals surface area contributed by atoms with Gasteiger partial charge in [-0.2, -0.15) is 18.4 Å². The van der Waals surface area contributed by atoms with Crippen molar-refractivity contribution in [2.75, 3.05) is 36.5 Å². The zero-order valence-corrected chi connectivity index (χ0v) is 23.1. The molecule has 5 heterocycles. The number of hydroxylamine groups is 2. The Morgan fingerprint density at radius 3 is 2.29 bits per heavy atom. The quantitative estimate of drug-likeness (QED) is 0.501. The Hall–Kier alpha value is -4.18. The van der Waals surface area contributed by atoms with Crippen LogP contribution in [-0.4, -0.2) is 72.7 Å². The summed E-state index contributed by atoms with van der Waals surface area (Å²) >= 11 is 0. The van der Waals surface area contributed by atoms with Crippen LogP contribution in [0.25, 0.3) is 0 Å². The van der Waals surface area contributed by atoms with Gasteiger partial charge in [-0.3, -0.25) is 9.63 Å². The summed E-state index contributed by atoms with van der Waals surface area (Å²) in [4.78, 5) is 53.3. The van der Waals surface area contributed by atoms with Gasteiger partial charge >= 0.3 is 18.2 Å². The fourth-order valence-electron chi connectivity index (χ4n) is 5.90. The molecule has 3 amide bonds. The number of quaternary nitrogens is 1. The lowest BCUT2D eigenvalue weighted by Gasteiger charge is -2.52. The number of hydrogen-bond acceptors (Lipinski definition) is 7. The number of pyridine rings is 1. The van der Waals surface area contributed by atoms with Crippen LogP contribution >= 0.6 is 0 Å². The number of rotatable bonds is 4. The van der Waals surface area contributed by atoms with Crippen molar-refractivity contribution >= 4 is 35.2 Å². The second-order valence-electron chi connectivity index (χ2n) is 11.9. The third-order valence-electron chi connectivity index (χ3n) is 7.66. The van der Waals surface area contributed by atoms with Crippen LogP contribution in [0.3, 0.4) is 0 Å². The van der Waals surface area contributed by atoms with Crippen molar-refractivity contribution in [3.8, 4) is 6.07 Å². The Balaban J connectivity index is 1.43. The van der Waals surface area contributed by atoms with E-state index >= 15 is 0 Å². The highest BCUT2D eigenvalue weighted by Gasteiger charge is 2.61. The first kappa shape index (κ1) is 28.4. The van der Waals surface area contributed by atoms with E-state index in [0.29, 0.717) is 30.0 Å². The Morgan fingerprint density at radius 1 is 1.07 bits per heavy atom. The predicted molar refractivity (Wildman–Crippen MR) is 143 cm³/mol. The minimum absolute atomic E-state index is 0.0496. The van der Waals surface area contributed by atoms with Gasteiger partial charge in [-0.1, -0.05) is 20.8 Å². The standard InChI is InChI=1S/C28H30F3N6O4/c1-27(2,3)16-37(41-25(39)28(29,30)31)21-11-12-22(33-23(21)34(4)26(37)40)35-14-20-10-9-19(35)15-36(20)24(38)18-7-5-17(13-32)6-8-18/h5-8,11-12,19-20H,9-10,14-16H2,1-4H3/q+1. The molecule has 13 heteroatoms. The first-order valence-electron chi connectivity index (χ1n) is 13.2. The summed E-state index contributed by atoms with van der Waals surface area (Å²) in [5, 5.41) is 9.03. The molecule has 3 unspecified atom stereocenters. The average molecular weight is 572 g/mol. The van der Waals surface area contributed by atoms with E-state index in [-0.39, 0.29) is 36.0 Å². The average Bonchev–Trinajstić information content (AvgIpc) is 3.12. The third-order valence-corrected chi connectivity index (χ3v) is 7.66. The Labute approximate surface area is 235 Å². The summed E-state index contributed by atoms with van der Waals surface area (Å²) in [5.74, 6) is -1.95. The van der Waals surface area contributed by atoms with Gasteiger partial charge in [-0.15, -0.1) is 0 Å². The van der Waals surface area contributed by atoms with E-state index in [1.807, 2.05) is 15.9 Å². The smallest absolute Gasteiger partial charge is 0.350 e. The van der Waals surface area contributed by atoms with Crippen LogP contribution < -0.4 is 14.4 Å². The number of nitrogens with zero attached hydrogens (tertiary/aromatic N) is 6. The molecule has 0 spiro atoms. The van der Waals surface area contributed by atoms with Crippen LogP contribution in [0, 0.1) is 16.7 Å². The van der Waals surface area contributed by atoms with E-state index in [4.69, 9.17) is 10.1 Å². The number of halogens is 3. The van der Waals surface area contributed by atoms with Crippen LogP contribution in [0.5, 0.6) is 0 Å². The molecule has 216 valence electrons. The van der Waals surface area contributed by atoms with Crippen molar-refractivity contribution in [1.82, 2.24) is 14.5 Å². The number of alkyl halides is 3. The maximum absolute atomic E-state index is 13.5. The fourth-order valence-corrected chi connectivity index (χ4v) is 5.90. The molecule has 10 nitrogen and oxygen atoms in total. The lowest BCUT2D eigenvalue weighted by molar-refractivity contribution is -0.226. The molecule has 3 atom stereocenters. The molecule has 6 rings (SSSR count). The number of carbonyl (C=O) groups excluding carboxylic acids is 3. The lowest BCUT2D eigenvalue weighted by atomic mass is 9.90. The molecule has 1 aromatic heterocycles. The lowest BCUT2D eigenvalue weighted by Crippen LogP contribution is -2.64. The number of fused-ring (bicyclic) bond motifs is 4. The van der Waals surface area contributed by atoms with Gasteiger partial charge < -0.3 is 9.80 Å². The van der Waals surface area contributed by atoms with E-state index in [2.05, 4.69) is 4.98 Å². The van der Waals surface area contributed by atoms with Crippen LogP contribution in [0.1, 0.15) is 49.5 Å². The molecule has 0 aliphatic carbocycles. The molecule has 41 heavy (non-hydrogen) atoms. The van der Waals surface area contributed by atoms with Gasteiger partial charge in [-0.25, -0.2) is 19.5 Å². The summed E-state index contributed by atoms with van der Waals surface area (Å²) < 4.78 is 38.5. The summed E-state index contributed by atoms with van der Waals surface area (Å²) in [6.07, 6.45) is -3.68. The Bertz CT molecular complexity index is 1450. The molecular formula is C28H30F3N6O4+. The number of benzene rings is 1. The number of piperazine rings is 1. The second kappa shape index (κ2) is 9.73. The number of nitriles is 1. The van der Waals surface area contributed by atoms with Gasteiger partial charge in [0.1, 0.15) is 12.4 Å². The Kier molecular flexibility index (Phi) is 6.73. The molecule has 0 radical (unpaired) electrons. The molecule has 0 saturated carbocycles. The van der Waals surface area contributed by atoms with Crippen molar-refractivity contribution in [1.29, 1.82) is 5.26 Å². The highest BCUT2D eigenvalue weighted by Crippen LogP contribution is 2.46. The predicted octanol–water partition coefficient (Wildman–Crippen LogP) is 4.39. The van der Waals surface area contributed by atoms with E-state index in [0.717, 1.165) is 17.7 Å². The Morgan fingerprint density at radius 2 is 1.73 bits per heavy atom. The van der Waals surface area contributed by atoms with E-state index < -0.39 is 28.2 Å².